The van der Waals surface area contributed by atoms with E-state index in [0.717, 1.165) is 61.7 Å². The number of nitrogens with zero attached hydrogens (tertiary/aromatic N) is 1. The van der Waals surface area contributed by atoms with Gasteiger partial charge in [0.15, 0.2) is 5.76 Å². The molecule has 1 aromatic heterocycles. The lowest BCUT2D eigenvalue weighted by molar-refractivity contribution is -0.116. The average molecular weight is 402 g/mol. The summed E-state index contributed by atoms with van der Waals surface area (Å²) in [7, 11) is 1.65. The summed E-state index contributed by atoms with van der Waals surface area (Å²) < 4.78 is 22.3. The Morgan fingerprint density at radius 2 is 1.93 bits per heavy atom. The van der Waals surface area contributed by atoms with Gasteiger partial charge in [-0.05, 0) is 49.9 Å². The Labute approximate surface area is 171 Å². The van der Waals surface area contributed by atoms with Gasteiger partial charge in [0.2, 0.25) is 0 Å². The number of aromatic nitrogens is 1. The highest BCUT2D eigenvalue weighted by atomic mass is 16.5. The molecule has 0 spiro atoms. The molecule has 3 heterocycles. The summed E-state index contributed by atoms with van der Waals surface area (Å²) in [5.41, 5.74) is 1.83. The number of nitrogens with one attached hydrogen (secondary N) is 1. The van der Waals surface area contributed by atoms with Crippen molar-refractivity contribution in [3.05, 3.63) is 36.0 Å². The predicted octanol–water partition coefficient (Wildman–Crippen LogP) is 2.57. The second-order valence-corrected chi connectivity index (χ2v) is 7.85. The van der Waals surface area contributed by atoms with Gasteiger partial charge in [-0.1, -0.05) is 5.16 Å². The Balaban J connectivity index is 1.31. The largest absolute Gasteiger partial charge is 0.497 e. The molecular weight excluding hydrogens is 372 g/mol. The maximum absolute atomic E-state index is 10.3. The van der Waals surface area contributed by atoms with Gasteiger partial charge in [-0.15, -0.1) is 0 Å². The number of rotatable bonds is 7. The molecule has 2 aliphatic heterocycles. The monoisotopic (exact) mass is 402 g/mol. The molecular formula is C22H30N2O5. The number of methoxy groups -OCH3 is 1. The zero-order valence-electron chi connectivity index (χ0n) is 16.9. The van der Waals surface area contributed by atoms with E-state index < -0.39 is 6.10 Å². The lowest BCUT2D eigenvalue weighted by atomic mass is 9.97. The number of aliphatic hydroxyl groups is 1. The fourth-order valence-electron chi connectivity index (χ4n) is 4.00. The molecule has 2 aromatic rings. The minimum Gasteiger partial charge on any atom is -0.497 e. The number of benzene rings is 1. The molecule has 2 aliphatic rings. The van der Waals surface area contributed by atoms with Crippen molar-refractivity contribution in [2.24, 2.45) is 0 Å². The van der Waals surface area contributed by atoms with Crippen LogP contribution in [0.5, 0.6) is 5.75 Å². The third-order valence-corrected chi connectivity index (χ3v) is 5.78. The lowest BCUT2D eigenvalue weighted by Gasteiger charge is -2.35. The van der Waals surface area contributed by atoms with Crippen LogP contribution < -0.4 is 10.1 Å². The third kappa shape index (κ3) is 5.36. The topological polar surface area (TPSA) is 86.0 Å². The first-order valence-corrected chi connectivity index (χ1v) is 10.5. The fraction of sp³-hybridized carbons (Fsp3) is 0.591. The number of hydrogen-bond acceptors (Lipinski definition) is 7. The van der Waals surface area contributed by atoms with E-state index >= 15 is 0 Å². The van der Waals surface area contributed by atoms with Crippen LogP contribution in [-0.2, 0) is 15.9 Å². The number of hydrogen-bond donors (Lipinski definition) is 2. The Hall–Kier alpha value is -1.93. The van der Waals surface area contributed by atoms with Crippen molar-refractivity contribution in [2.75, 3.05) is 26.9 Å². The molecule has 1 aromatic carbocycles. The van der Waals surface area contributed by atoms with Crippen LogP contribution in [0.15, 0.2) is 34.9 Å². The average Bonchev–Trinajstić information content (AvgIpc) is 3.23. The van der Waals surface area contributed by atoms with Crippen molar-refractivity contribution >= 4 is 0 Å². The summed E-state index contributed by atoms with van der Waals surface area (Å²) in [6.07, 6.45) is 3.69. The Kier molecular flexibility index (Phi) is 6.82. The molecule has 158 valence electrons. The van der Waals surface area contributed by atoms with Crippen LogP contribution in [0.2, 0.25) is 0 Å². The van der Waals surface area contributed by atoms with E-state index in [9.17, 15) is 5.11 Å². The van der Waals surface area contributed by atoms with Crippen LogP contribution >= 0.6 is 0 Å². The molecule has 0 saturated carbocycles. The van der Waals surface area contributed by atoms with Gasteiger partial charge in [0, 0.05) is 43.9 Å². The molecule has 0 bridgehead atoms. The smallest absolute Gasteiger partial charge is 0.167 e. The van der Waals surface area contributed by atoms with Crippen molar-refractivity contribution < 1.29 is 23.8 Å². The van der Waals surface area contributed by atoms with Crippen molar-refractivity contribution in [3.63, 3.8) is 0 Å². The van der Waals surface area contributed by atoms with Gasteiger partial charge < -0.3 is 29.2 Å². The molecule has 0 aliphatic carbocycles. The molecule has 2 fully saturated rings. The Morgan fingerprint density at radius 3 is 2.69 bits per heavy atom. The number of aliphatic hydroxyl groups excluding tert-OH is 1. The molecule has 2 saturated heterocycles. The summed E-state index contributed by atoms with van der Waals surface area (Å²) in [6.45, 7) is 2.27. The van der Waals surface area contributed by atoms with Gasteiger partial charge in [-0.25, -0.2) is 0 Å². The fourth-order valence-corrected chi connectivity index (χ4v) is 4.00. The molecule has 3 atom stereocenters. The number of ether oxygens (including phenoxy) is 3. The zero-order chi connectivity index (χ0) is 20.1. The van der Waals surface area contributed by atoms with E-state index in [0.29, 0.717) is 19.0 Å². The molecule has 29 heavy (non-hydrogen) atoms. The quantitative estimate of drug-likeness (QED) is 0.736. The van der Waals surface area contributed by atoms with Crippen LogP contribution in [0.25, 0.3) is 11.3 Å². The molecule has 7 nitrogen and oxygen atoms in total. The van der Waals surface area contributed by atoms with Gasteiger partial charge >= 0.3 is 0 Å². The third-order valence-electron chi connectivity index (χ3n) is 5.78. The highest BCUT2D eigenvalue weighted by Crippen LogP contribution is 2.26. The van der Waals surface area contributed by atoms with Gasteiger partial charge in [-0.3, -0.25) is 0 Å². The molecule has 2 N–H and O–H groups in total. The highest BCUT2D eigenvalue weighted by Gasteiger charge is 2.31. The lowest BCUT2D eigenvalue weighted by Crippen LogP contribution is -2.48. The van der Waals surface area contributed by atoms with Gasteiger partial charge in [-0.2, -0.15) is 0 Å². The van der Waals surface area contributed by atoms with E-state index in [2.05, 4.69) is 10.5 Å². The molecule has 0 radical (unpaired) electrons. The van der Waals surface area contributed by atoms with Crippen LogP contribution in [0.3, 0.4) is 0 Å². The van der Waals surface area contributed by atoms with Gasteiger partial charge in [0.1, 0.15) is 5.75 Å². The minimum absolute atomic E-state index is 0.0358. The first kappa shape index (κ1) is 20.3. The second-order valence-electron chi connectivity index (χ2n) is 7.85. The maximum Gasteiger partial charge on any atom is 0.167 e. The van der Waals surface area contributed by atoms with Gasteiger partial charge in [0.05, 0.1) is 31.1 Å². The van der Waals surface area contributed by atoms with Crippen molar-refractivity contribution in [2.45, 2.75) is 56.5 Å². The van der Waals surface area contributed by atoms with E-state index in [1.165, 1.54) is 0 Å². The maximum atomic E-state index is 10.3. The summed E-state index contributed by atoms with van der Waals surface area (Å²) in [4.78, 5) is 0. The molecule has 0 amide bonds. The van der Waals surface area contributed by atoms with Crippen LogP contribution in [-0.4, -0.2) is 61.5 Å². The van der Waals surface area contributed by atoms with E-state index in [1.54, 1.807) is 7.11 Å². The zero-order valence-corrected chi connectivity index (χ0v) is 16.9. The minimum atomic E-state index is -0.425. The van der Waals surface area contributed by atoms with E-state index in [-0.39, 0.29) is 12.2 Å². The Morgan fingerprint density at radius 1 is 1.14 bits per heavy atom. The van der Waals surface area contributed by atoms with Crippen molar-refractivity contribution in [1.29, 1.82) is 0 Å². The molecule has 3 unspecified atom stereocenters. The first-order valence-electron chi connectivity index (χ1n) is 10.5. The summed E-state index contributed by atoms with van der Waals surface area (Å²) in [5.74, 6) is 1.54. The Bertz CT molecular complexity index is 757. The second kappa shape index (κ2) is 9.71. The summed E-state index contributed by atoms with van der Waals surface area (Å²) >= 11 is 0. The molecule has 4 rings (SSSR count). The SMILES string of the molecule is COc1ccc(-c2cc(CC3CCC(O)C(CNC4CCOCC4)O3)no2)cc1. The molecule has 7 heteroatoms. The summed E-state index contributed by atoms with van der Waals surface area (Å²) in [5, 5.41) is 18.1. The standard InChI is InChI=1S/C22H30N2O5/c1-26-18-4-2-15(3-5-18)21-13-17(24-29-21)12-19-6-7-20(25)22(28-19)14-23-16-8-10-27-11-9-16/h2-5,13,16,19-20,22-23,25H,6-12,14H2,1H3. The first-order chi connectivity index (χ1) is 14.2. The van der Waals surface area contributed by atoms with Gasteiger partial charge in [0.25, 0.3) is 0 Å². The van der Waals surface area contributed by atoms with E-state index in [4.69, 9.17) is 18.7 Å². The van der Waals surface area contributed by atoms with E-state index in [1.807, 2.05) is 30.3 Å². The summed E-state index contributed by atoms with van der Waals surface area (Å²) in [6, 6.07) is 10.1. The highest BCUT2D eigenvalue weighted by molar-refractivity contribution is 5.58. The van der Waals surface area contributed by atoms with Crippen LogP contribution in [0.1, 0.15) is 31.4 Å². The van der Waals surface area contributed by atoms with Crippen LogP contribution in [0.4, 0.5) is 0 Å². The normalized spacial score (nSPS) is 25.8. The predicted molar refractivity (Wildman–Crippen MR) is 108 cm³/mol. The van der Waals surface area contributed by atoms with Crippen LogP contribution in [0, 0.1) is 0 Å². The van der Waals surface area contributed by atoms with Crippen molar-refractivity contribution in [3.8, 4) is 17.1 Å². The van der Waals surface area contributed by atoms with Crippen molar-refractivity contribution in [1.82, 2.24) is 10.5 Å².